The van der Waals surface area contributed by atoms with Crippen molar-refractivity contribution in [3.63, 3.8) is 0 Å². The number of methoxy groups -OCH3 is 1. The van der Waals surface area contributed by atoms with Crippen LogP contribution >= 0.6 is 23.2 Å². The third-order valence-electron chi connectivity index (χ3n) is 4.96. The number of ether oxygens (including phenoxy) is 1. The highest BCUT2D eigenvalue weighted by molar-refractivity contribution is 6.46. The number of carbonyl (C=O) groups is 2. The Balaban J connectivity index is 2.25. The molecule has 1 N–H and O–H groups in total. The summed E-state index contributed by atoms with van der Waals surface area (Å²) in [5.41, 5.74) is 1.97. The molecule has 1 saturated heterocycles. The van der Waals surface area contributed by atoms with E-state index in [4.69, 9.17) is 27.9 Å². The number of halogens is 2. The van der Waals surface area contributed by atoms with Crippen molar-refractivity contribution in [2.24, 2.45) is 0 Å². The van der Waals surface area contributed by atoms with Gasteiger partial charge in [-0.15, -0.1) is 0 Å². The van der Waals surface area contributed by atoms with Gasteiger partial charge in [-0.05, 0) is 36.6 Å². The highest BCUT2D eigenvalue weighted by Crippen LogP contribution is 2.42. The van der Waals surface area contributed by atoms with Gasteiger partial charge in [-0.3, -0.25) is 9.59 Å². The first kappa shape index (κ1) is 21.2. The molecule has 3 rings (SSSR count). The van der Waals surface area contributed by atoms with Crippen molar-refractivity contribution < 1.29 is 19.4 Å². The minimum atomic E-state index is -0.729. The van der Waals surface area contributed by atoms with Crippen LogP contribution in [0.1, 0.15) is 36.1 Å². The first-order valence-corrected chi connectivity index (χ1v) is 9.94. The van der Waals surface area contributed by atoms with Gasteiger partial charge in [-0.1, -0.05) is 54.4 Å². The summed E-state index contributed by atoms with van der Waals surface area (Å²) in [7, 11) is 1.43. The van der Waals surface area contributed by atoms with Gasteiger partial charge in [0.1, 0.15) is 5.76 Å². The second-order valence-electron chi connectivity index (χ2n) is 6.82. The second-order valence-corrected chi connectivity index (χ2v) is 7.64. The van der Waals surface area contributed by atoms with E-state index in [1.165, 1.54) is 24.1 Å². The van der Waals surface area contributed by atoms with Gasteiger partial charge in [0.25, 0.3) is 11.7 Å². The molecule has 0 saturated carbocycles. The SMILES string of the molecule is CCCN1C(=O)C(=O)/C(=C(/O)c2cc(Cl)c(OC)c(Cl)c2)C1c1ccccc1C. The van der Waals surface area contributed by atoms with E-state index >= 15 is 0 Å². The summed E-state index contributed by atoms with van der Waals surface area (Å²) in [6, 6.07) is 9.73. The Morgan fingerprint density at radius 3 is 2.34 bits per heavy atom. The van der Waals surface area contributed by atoms with E-state index in [0.29, 0.717) is 13.0 Å². The fraction of sp³-hybridized carbons (Fsp3) is 0.273. The van der Waals surface area contributed by atoms with Crippen LogP contribution in [0.2, 0.25) is 10.0 Å². The summed E-state index contributed by atoms with van der Waals surface area (Å²) >= 11 is 12.4. The van der Waals surface area contributed by atoms with E-state index in [0.717, 1.165) is 11.1 Å². The van der Waals surface area contributed by atoms with E-state index in [9.17, 15) is 14.7 Å². The minimum absolute atomic E-state index is 0.0232. The zero-order valence-corrected chi connectivity index (χ0v) is 17.8. The maximum Gasteiger partial charge on any atom is 0.295 e. The molecular formula is C22H21Cl2NO4. The molecule has 152 valence electrons. The zero-order chi connectivity index (χ0) is 21.3. The Bertz CT molecular complexity index is 993. The number of benzene rings is 2. The van der Waals surface area contributed by atoms with Crippen LogP contribution in [0.5, 0.6) is 5.75 Å². The number of carbonyl (C=O) groups excluding carboxylic acids is 2. The molecule has 0 bridgehead atoms. The summed E-state index contributed by atoms with van der Waals surface area (Å²) in [6.45, 7) is 4.23. The van der Waals surface area contributed by atoms with Crippen LogP contribution in [0, 0.1) is 6.92 Å². The van der Waals surface area contributed by atoms with Crippen LogP contribution in [-0.4, -0.2) is 35.4 Å². The number of hydrogen-bond acceptors (Lipinski definition) is 4. The summed E-state index contributed by atoms with van der Waals surface area (Å²) in [5, 5.41) is 11.4. The smallest absolute Gasteiger partial charge is 0.295 e. The quantitative estimate of drug-likeness (QED) is 0.402. The molecule has 5 nitrogen and oxygen atoms in total. The largest absolute Gasteiger partial charge is 0.507 e. The molecular weight excluding hydrogens is 413 g/mol. The number of ketones is 1. The summed E-state index contributed by atoms with van der Waals surface area (Å²) < 4.78 is 5.14. The second kappa shape index (κ2) is 8.47. The van der Waals surface area contributed by atoms with Crippen LogP contribution in [0.15, 0.2) is 42.0 Å². The number of aliphatic hydroxyl groups excluding tert-OH is 1. The van der Waals surface area contributed by atoms with Gasteiger partial charge >= 0.3 is 0 Å². The van der Waals surface area contributed by atoms with Crippen LogP contribution in [0.4, 0.5) is 0 Å². The van der Waals surface area contributed by atoms with Gasteiger partial charge < -0.3 is 14.7 Å². The van der Waals surface area contributed by atoms with E-state index in [1.54, 1.807) is 0 Å². The predicted octanol–water partition coefficient (Wildman–Crippen LogP) is 5.14. The van der Waals surface area contributed by atoms with Crippen LogP contribution < -0.4 is 4.74 Å². The van der Waals surface area contributed by atoms with Crippen LogP contribution in [0.3, 0.4) is 0 Å². The fourth-order valence-electron chi connectivity index (χ4n) is 3.62. The monoisotopic (exact) mass is 433 g/mol. The molecule has 2 aromatic carbocycles. The first-order valence-electron chi connectivity index (χ1n) is 9.19. The van der Waals surface area contributed by atoms with Crippen LogP contribution in [0.25, 0.3) is 5.76 Å². The zero-order valence-electron chi connectivity index (χ0n) is 16.3. The lowest BCUT2D eigenvalue weighted by molar-refractivity contribution is -0.139. The predicted molar refractivity (Wildman–Crippen MR) is 113 cm³/mol. The maximum absolute atomic E-state index is 12.9. The number of amides is 1. The van der Waals surface area contributed by atoms with Crippen molar-refractivity contribution in [1.29, 1.82) is 0 Å². The minimum Gasteiger partial charge on any atom is -0.507 e. The topological polar surface area (TPSA) is 66.8 Å². The molecule has 1 atom stereocenters. The number of aryl methyl sites for hydroxylation is 1. The lowest BCUT2D eigenvalue weighted by Crippen LogP contribution is -2.30. The number of hydrogen-bond donors (Lipinski definition) is 1. The highest BCUT2D eigenvalue weighted by Gasteiger charge is 2.46. The van der Waals surface area contributed by atoms with Crippen LogP contribution in [-0.2, 0) is 9.59 Å². The van der Waals surface area contributed by atoms with Gasteiger partial charge in [-0.2, -0.15) is 0 Å². The number of likely N-dealkylation sites (tertiary alicyclic amines) is 1. The lowest BCUT2D eigenvalue weighted by Gasteiger charge is -2.26. The molecule has 7 heteroatoms. The summed E-state index contributed by atoms with van der Waals surface area (Å²) in [5.74, 6) is -1.41. The molecule has 1 unspecified atom stereocenters. The molecule has 0 radical (unpaired) electrons. The third-order valence-corrected chi connectivity index (χ3v) is 5.52. The fourth-order valence-corrected chi connectivity index (χ4v) is 4.26. The van der Waals surface area contributed by atoms with E-state index in [1.807, 2.05) is 38.1 Å². The molecule has 1 aliphatic rings. The van der Waals surface area contributed by atoms with Crippen molar-refractivity contribution in [3.05, 3.63) is 68.7 Å². The van der Waals surface area contributed by atoms with Crippen molar-refractivity contribution in [2.75, 3.05) is 13.7 Å². The van der Waals surface area contributed by atoms with Gasteiger partial charge in [0.2, 0.25) is 0 Å². The Labute approximate surface area is 179 Å². The lowest BCUT2D eigenvalue weighted by atomic mass is 9.92. The van der Waals surface area contributed by atoms with Gasteiger partial charge in [0.05, 0.1) is 28.8 Å². The number of nitrogens with zero attached hydrogens (tertiary/aromatic N) is 1. The Morgan fingerprint density at radius 2 is 1.79 bits per heavy atom. The first-order chi connectivity index (χ1) is 13.8. The highest BCUT2D eigenvalue weighted by atomic mass is 35.5. The van der Waals surface area contributed by atoms with Crippen molar-refractivity contribution in [3.8, 4) is 5.75 Å². The molecule has 1 aliphatic heterocycles. The average molecular weight is 434 g/mol. The molecule has 1 amide bonds. The maximum atomic E-state index is 12.9. The third kappa shape index (κ3) is 3.72. The van der Waals surface area contributed by atoms with Crippen molar-refractivity contribution in [1.82, 2.24) is 4.90 Å². The van der Waals surface area contributed by atoms with Crippen molar-refractivity contribution in [2.45, 2.75) is 26.3 Å². The molecule has 2 aromatic rings. The van der Waals surface area contributed by atoms with E-state index < -0.39 is 17.7 Å². The molecule has 1 heterocycles. The Hall–Kier alpha value is -2.50. The van der Waals surface area contributed by atoms with Gasteiger partial charge in [0.15, 0.2) is 5.75 Å². The summed E-state index contributed by atoms with van der Waals surface area (Å²) in [4.78, 5) is 27.1. The number of aliphatic hydroxyl groups is 1. The molecule has 0 aliphatic carbocycles. The number of rotatable bonds is 5. The molecule has 1 fully saturated rings. The van der Waals surface area contributed by atoms with Crippen molar-refractivity contribution >= 4 is 40.7 Å². The molecule has 0 aromatic heterocycles. The van der Waals surface area contributed by atoms with Gasteiger partial charge in [0, 0.05) is 12.1 Å². The Morgan fingerprint density at radius 1 is 1.17 bits per heavy atom. The van der Waals surface area contributed by atoms with Gasteiger partial charge in [-0.25, -0.2) is 0 Å². The standard InChI is InChI=1S/C22H21Cl2NO4/c1-4-9-25-18(14-8-6-5-7-12(14)2)17(20(27)22(25)28)19(26)13-10-15(23)21(29-3)16(24)11-13/h5-8,10-11,18,26H,4,9H2,1-3H3/b19-17+. The normalized spacial score (nSPS) is 18.4. The Kier molecular flexibility index (Phi) is 6.20. The van der Waals surface area contributed by atoms with E-state index in [-0.39, 0.29) is 32.7 Å². The molecule has 29 heavy (non-hydrogen) atoms. The molecule has 0 spiro atoms. The number of Topliss-reactive ketones (excluding diaryl/α,β-unsaturated/α-hetero) is 1. The summed E-state index contributed by atoms with van der Waals surface area (Å²) in [6.07, 6.45) is 0.676. The average Bonchev–Trinajstić information content (AvgIpc) is 2.93. The van der Waals surface area contributed by atoms with E-state index in [2.05, 4.69) is 0 Å².